The molecule has 0 aromatic carbocycles. The van der Waals surface area contributed by atoms with Crippen molar-refractivity contribution in [1.29, 1.82) is 0 Å². The van der Waals surface area contributed by atoms with Crippen molar-refractivity contribution in [3.05, 3.63) is 12.3 Å². The first-order valence-corrected chi connectivity index (χ1v) is 3.50. The monoisotopic (exact) mass is 171 g/mol. The van der Waals surface area contributed by atoms with Crippen LogP contribution in [0.3, 0.4) is 0 Å². The van der Waals surface area contributed by atoms with Crippen LogP contribution in [0.1, 0.15) is 0 Å². The van der Waals surface area contributed by atoms with Crippen molar-refractivity contribution in [3.63, 3.8) is 0 Å². The van der Waals surface area contributed by atoms with E-state index < -0.39 is 0 Å². The highest BCUT2D eigenvalue weighted by Gasteiger charge is 2.04. The predicted molar refractivity (Wildman–Crippen MR) is 46.8 cm³/mol. The Morgan fingerprint density at radius 3 is 2.83 bits per heavy atom. The number of carbonyl (C=O) groups excluding carboxylic acids is 1. The van der Waals surface area contributed by atoms with Gasteiger partial charge in [0.05, 0.1) is 6.61 Å². The fourth-order valence-electron chi connectivity index (χ4n) is 0.603. The molecule has 5 heteroatoms. The third kappa shape index (κ3) is 3.72. The fraction of sp³-hybridized carbons (Fsp3) is 0.429. The molecule has 1 amide bonds. The van der Waals surface area contributed by atoms with Crippen molar-refractivity contribution in [1.82, 2.24) is 5.32 Å². The summed E-state index contributed by atoms with van der Waals surface area (Å²) in [5.41, 5.74) is 5.32. The molecule has 0 atom stereocenters. The van der Waals surface area contributed by atoms with E-state index in [0.29, 0.717) is 0 Å². The summed E-state index contributed by atoms with van der Waals surface area (Å²) in [6, 6.07) is 0. The molecule has 12 heavy (non-hydrogen) atoms. The van der Waals surface area contributed by atoms with Gasteiger partial charge in [-0.2, -0.15) is 0 Å². The zero-order valence-corrected chi connectivity index (χ0v) is 6.95. The van der Waals surface area contributed by atoms with Crippen molar-refractivity contribution >= 4 is 11.6 Å². The Morgan fingerprint density at radius 2 is 2.42 bits per heavy atom. The van der Waals surface area contributed by atoms with Gasteiger partial charge >= 0.3 is 0 Å². The number of amides is 1. The van der Waals surface area contributed by atoms with Gasteiger partial charge in [-0.3, -0.25) is 9.79 Å². The Bertz CT molecular complexity index is 199. The van der Waals surface area contributed by atoms with Crippen LogP contribution in [0, 0.1) is 0 Å². The van der Waals surface area contributed by atoms with Gasteiger partial charge in [0.25, 0.3) is 5.91 Å². The molecule has 0 aromatic rings. The molecule has 68 valence electrons. The summed E-state index contributed by atoms with van der Waals surface area (Å²) in [7, 11) is 1.49. The van der Waals surface area contributed by atoms with Crippen LogP contribution in [0.15, 0.2) is 17.3 Å². The van der Waals surface area contributed by atoms with Gasteiger partial charge in [-0.1, -0.05) is 0 Å². The highest BCUT2D eigenvalue weighted by molar-refractivity contribution is 6.43. The van der Waals surface area contributed by atoms with Crippen molar-refractivity contribution in [2.45, 2.75) is 0 Å². The van der Waals surface area contributed by atoms with E-state index >= 15 is 0 Å². The molecule has 0 rings (SSSR count). The highest BCUT2D eigenvalue weighted by Crippen LogP contribution is 1.79. The molecule has 0 bridgehead atoms. The Morgan fingerprint density at radius 1 is 1.75 bits per heavy atom. The minimum absolute atomic E-state index is 0.0882. The lowest BCUT2D eigenvalue weighted by molar-refractivity contribution is -0.114. The zero-order chi connectivity index (χ0) is 9.40. The third-order valence-electron chi connectivity index (χ3n) is 1.12. The first-order valence-electron chi connectivity index (χ1n) is 3.50. The number of carbonyl (C=O) groups is 1. The maximum Gasteiger partial charge on any atom is 0.269 e. The molecule has 0 saturated heterocycles. The molecule has 0 heterocycles. The highest BCUT2D eigenvalue weighted by atomic mass is 16.3. The van der Waals surface area contributed by atoms with Crippen molar-refractivity contribution in [2.75, 3.05) is 20.2 Å². The van der Waals surface area contributed by atoms with Gasteiger partial charge < -0.3 is 16.2 Å². The van der Waals surface area contributed by atoms with E-state index in [9.17, 15) is 4.79 Å². The second-order valence-corrected chi connectivity index (χ2v) is 1.95. The van der Waals surface area contributed by atoms with Crippen LogP contribution in [0.25, 0.3) is 0 Å². The molecule has 4 N–H and O–H groups in total. The predicted octanol–water partition coefficient (Wildman–Crippen LogP) is -1.36. The molecular weight excluding hydrogens is 158 g/mol. The van der Waals surface area contributed by atoms with Crippen LogP contribution in [0.5, 0.6) is 0 Å². The summed E-state index contributed by atoms with van der Waals surface area (Å²) in [5.74, 6) is -0.340. The number of aliphatic hydroxyl groups excluding tert-OH is 1. The minimum atomic E-state index is -0.340. The summed E-state index contributed by atoms with van der Waals surface area (Å²) in [5, 5.41) is 10.8. The lowest BCUT2D eigenvalue weighted by Gasteiger charge is -2.01. The van der Waals surface area contributed by atoms with E-state index in [-0.39, 0.29) is 24.8 Å². The standard InChI is InChI=1S/C7H13N3O2/c1-9-6(2-3-8)7(12)10-4-5-11/h2-3,11H,4-5,8H2,1H3,(H,10,12)/b3-2-,9-6?. The Labute approximate surface area is 71.0 Å². The van der Waals surface area contributed by atoms with Crippen LogP contribution < -0.4 is 11.1 Å². The van der Waals surface area contributed by atoms with Crippen LogP contribution >= 0.6 is 0 Å². The SMILES string of the molecule is CN=C(/C=C\N)C(=O)NCCO. The molecule has 0 unspecified atom stereocenters. The van der Waals surface area contributed by atoms with Crippen molar-refractivity contribution < 1.29 is 9.90 Å². The van der Waals surface area contributed by atoms with E-state index in [1.807, 2.05) is 0 Å². The van der Waals surface area contributed by atoms with Gasteiger partial charge in [-0.05, 0) is 12.3 Å². The summed E-state index contributed by atoms with van der Waals surface area (Å²) < 4.78 is 0. The minimum Gasteiger partial charge on any atom is -0.405 e. The molecule has 0 saturated carbocycles. The maximum atomic E-state index is 11.1. The van der Waals surface area contributed by atoms with Gasteiger partial charge in [-0.25, -0.2) is 0 Å². The van der Waals surface area contributed by atoms with Gasteiger partial charge in [0.1, 0.15) is 5.71 Å². The van der Waals surface area contributed by atoms with Gasteiger partial charge in [0.15, 0.2) is 0 Å². The van der Waals surface area contributed by atoms with E-state index in [1.165, 1.54) is 19.3 Å². The Hall–Kier alpha value is -1.36. The number of aliphatic imine (C=N–C) groups is 1. The number of hydrogen-bond donors (Lipinski definition) is 3. The largest absolute Gasteiger partial charge is 0.405 e. The second-order valence-electron chi connectivity index (χ2n) is 1.95. The average Bonchev–Trinajstić information content (AvgIpc) is 2.10. The summed E-state index contributed by atoms with van der Waals surface area (Å²) in [4.78, 5) is 14.8. The molecule has 0 aliphatic heterocycles. The number of rotatable bonds is 4. The number of aliphatic hydroxyl groups is 1. The Kier molecular flexibility index (Phi) is 5.64. The van der Waals surface area contributed by atoms with Crippen molar-refractivity contribution in [3.8, 4) is 0 Å². The number of nitrogens with two attached hydrogens (primary N) is 1. The molecule has 5 nitrogen and oxygen atoms in total. The average molecular weight is 171 g/mol. The van der Waals surface area contributed by atoms with Gasteiger partial charge in [0, 0.05) is 13.6 Å². The van der Waals surface area contributed by atoms with Crippen LogP contribution in [-0.4, -0.2) is 36.9 Å². The van der Waals surface area contributed by atoms with Gasteiger partial charge in [0.2, 0.25) is 0 Å². The quantitative estimate of drug-likeness (QED) is 0.456. The van der Waals surface area contributed by atoms with E-state index in [1.54, 1.807) is 0 Å². The normalized spacial score (nSPS) is 12.0. The maximum absolute atomic E-state index is 11.1. The molecule has 0 spiro atoms. The van der Waals surface area contributed by atoms with Crippen LogP contribution in [0.4, 0.5) is 0 Å². The summed E-state index contributed by atoms with van der Waals surface area (Å²) in [6.45, 7) is 0.130. The second kappa shape index (κ2) is 6.36. The number of nitrogens with zero attached hydrogens (tertiary/aromatic N) is 1. The zero-order valence-electron chi connectivity index (χ0n) is 6.95. The molecule has 0 fully saturated rings. The van der Waals surface area contributed by atoms with Crippen LogP contribution in [-0.2, 0) is 4.79 Å². The fourth-order valence-corrected chi connectivity index (χ4v) is 0.603. The van der Waals surface area contributed by atoms with Gasteiger partial charge in [-0.15, -0.1) is 0 Å². The van der Waals surface area contributed by atoms with E-state index in [0.717, 1.165) is 0 Å². The molecule has 0 radical (unpaired) electrons. The topological polar surface area (TPSA) is 87.7 Å². The number of nitrogens with one attached hydrogen (secondary N) is 1. The third-order valence-corrected chi connectivity index (χ3v) is 1.12. The molecule has 0 aromatic heterocycles. The number of hydrogen-bond acceptors (Lipinski definition) is 4. The van der Waals surface area contributed by atoms with E-state index in [2.05, 4.69) is 10.3 Å². The Balaban J connectivity index is 4.05. The summed E-state index contributed by atoms with van der Waals surface area (Å²) >= 11 is 0. The van der Waals surface area contributed by atoms with E-state index in [4.69, 9.17) is 10.8 Å². The lowest BCUT2D eigenvalue weighted by atomic mass is 10.3. The molecule has 0 aliphatic carbocycles. The first kappa shape index (κ1) is 10.6. The summed E-state index contributed by atoms with van der Waals surface area (Å²) in [6.07, 6.45) is 2.63. The van der Waals surface area contributed by atoms with Crippen molar-refractivity contribution in [2.24, 2.45) is 10.7 Å². The smallest absolute Gasteiger partial charge is 0.269 e. The molecule has 0 aliphatic rings. The van der Waals surface area contributed by atoms with Crippen LogP contribution in [0.2, 0.25) is 0 Å². The lowest BCUT2D eigenvalue weighted by Crippen LogP contribution is -2.32. The molecular formula is C7H13N3O2. The first-order chi connectivity index (χ1) is 5.76.